The highest BCUT2D eigenvalue weighted by Crippen LogP contribution is 2.43. The molecule has 2 heterocycles. The summed E-state index contributed by atoms with van der Waals surface area (Å²) in [4.78, 5) is 20.7. The maximum atomic E-state index is 11.8. The number of rotatable bonds is 8. The van der Waals surface area contributed by atoms with Crippen LogP contribution in [0.4, 0.5) is 0 Å². The summed E-state index contributed by atoms with van der Waals surface area (Å²) in [6.45, 7) is 2.44. The van der Waals surface area contributed by atoms with Crippen LogP contribution in [0.3, 0.4) is 0 Å². The van der Waals surface area contributed by atoms with E-state index in [4.69, 9.17) is 13.8 Å². The molecule has 8 nitrogen and oxygen atoms in total. The summed E-state index contributed by atoms with van der Waals surface area (Å²) in [5.74, 6) is 0. The van der Waals surface area contributed by atoms with Crippen molar-refractivity contribution in [2.45, 2.75) is 31.2 Å². The van der Waals surface area contributed by atoms with Crippen LogP contribution in [-0.4, -0.2) is 46.7 Å². The Morgan fingerprint density at radius 3 is 2.75 bits per heavy atom. The fourth-order valence-corrected chi connectivity index (χ4v) is 3.83. The van der Waals surface area contributed by atoms with Crippen molar-refractivity contribution in [3.8, 4) is 0 Å². The molecule has 0 amide bonds. The molecule has 1 aliphatic rings. The summed E-state index contributed by atoms with van der Waals surface area (Å²) in [5.41, 5.74) is 0. The van der Waals surface area contributed by atoms with Crippen LogP contribution in [0.15, 0.2) is 30.6 Å². The highest BCUT2D eigenvalue weighted by Gasteiger charge is 2.30. The van der Waals surface area contributed by atoms with E-state index >= 15 is 0 Å². The number of thioether (sulfide) groups is 1. The van der Waals surface area contributed by atoms with Gasteiger partial charge in [0.05, 0.1) is 19.3 Å². The van der Waals surface area contributed by atoms with Gasteiger partial charge in [-0.15, -0.1) is 0 Å². The Kier molecular flexibility index (Phi) is 9.07. The molecule has 0 saturated carbocycles. The lowest BCUT2D eigenvalue weighted by Crippen LogP contribution is -2.34. The standard InChI is InChI=1S/C14H20NO6PS.H2O/c1-12(16)23-14-9-13(19-11-14)10-21-22(17,18)20-8-7-15-5-3-2-4-6-15;/h2-6,13-14H,7-11H2,1H3;1H2/t13-,14+;/m1./s1. The first-order valence-electron chi connectivity index (χ1n) is 7.29. The van der Waals surface area contributed by atoms with Crippen molar-refractivity contribution in [1.82, 2.24) is 0 Å². The average molecular weight is 379 g/mol. The first-order valence-corrected chi connectivity index (χ1v) is 9.67. The smallest absolute Gasteiger partial charge is 0.472 e. The van der Waals surface area contributed by atoms with E-state index in [-0.39, 0.29) is 35.2 Å². The van der Waals surface area contributed by atoms with Crippen LogP contribution in [0, 0.1) is 0 Å². The summed E-state index contributed by atoms with van der Waals surface area (Å²) >= 11 is 1.23. The Hall–Kier alpha value is -0.800. The second kappa shape index (κ2) is 10.2. The number of ether oxygens (including phenoxy) is 1. The summed E-state index contributed by atoms with van der Waals surface area (Å²) in [6.07, 6.45) is 4.00. The normalized spacial score (nSPS) is 22.6. The summed E-state index contributed by atoms with van der Waals surface area (Å²) in [5, 5.41) is 0.115. The molecule has 3 atom stereocenters. The molecular weight excluding hydrogens is 357 g/mol. The molecule has 1 saturated heterocycles. The molecule has 0 spiro atoms. The fourth-order valence-electron chi connectivity index (χ4n) is 2.17. The summed E-state index contributed by atoms with van der Waals surface area (Å²) in [6, 6.07) is 5.61. The third-order valence-corrected chi connectivity index (χ3v) is 5.16. The number of phosphoric ester groups is 1. The van der Waals surface area contributed by atoms with E-state index in [1.807, 2.05) is 35.2 Å². The minimum Gasteiger partial charge on any atom is -0.870 e. The molecular formula is C14H22NO7PS. The summed E-state index contributed by atoms with van der Waals surface area (Å²) < 4.78 is 29.0. The van der Waals surface area contributed by atoms with Crippen molar-refractivity contribution in [2.75, 3.05) is 19.8 Å². The summed E-state index contributed by atoms with van der Waals surface area (Å²) in [7, 11) is -4.10. The van der Waals surface area contributed by atoms with E-state index in [1.54, 1.807) is 0 Å². The first kappa shape index (κ1) is 21.2. The highest BCUT2D eigenvalue weighted by molar-refractivity contribution is 8.14. The second-order valence-electron chi connectivity index (χ2n) is 5.13. The molecule has 1 aromatic rings. The molecule has 10 heteroatoms. The van der Waals surface area contributed by atoms with Gasteiger partial charge in [-0.05, 0) is 6.42 Å². The van der Waals surface area contributed by atoms with Crippen LogP contribution < -0.4 is 4.57 Å². The Morgan fingerprint density at radius 1 is 1.38 bits per heavy atom. The molecule has 1 aromatic heterocycles. The van der Waals surface area contributed by atoms with Crippen LogP contribution in [-0.2, 0) is 29.7 Å². The lowest BCUT2D eigenvalue weighted by Gasteiger charge is -2.14. The second-order valence-corrected chi connectivity index (χ2v) is 8.06. The van der Waals surface area contributed by atoms with Gasteiger partial charge in [-0.3, -0.25) is 13.8 Å². The van der Waals surface area contributed by atoms with Crippen LogP contribution in [0.5, 0.6) is 0 Å². The van der Waals surface area contributed by atoms with Crippen LogP contribution in [0.1, 0.15) is 13.3 Å². The Bertz CT molecular complexity index is 559. The molecule has 1 unspecified atom stereocenters. The van der Waals surface area contributed by atoms with Gasteiger partial charge in [-0.2, -0.15) is 0 Å². The maximum Gasteiger partial charge on any atom is 0.472 e. The molecule has 2 N–H and O–H groups in total. The number of aromatic nitrogens is 1. The molecule has 1 fully saturated rings. The Morgan fingerprint density at radius 2 is 2.08 bits per heavy atom. The molecule has 1 aliphatic heterocycles. The van der Waals surface area contributed by atoms with Gasteiger partial charge in [0.25, 0.3) is 0 Å². The predicted octanol–water partition coefficient (Wildman–Crippen LogP) is 1.37. The molecule has 0 aliphatic carbocycles. The number of carbonyl (C=O) groups is 1. The number of pyridine rings is 1. The molecule has 0 radical (unpaired) electrons. The van der Waals surface area contributed by atoms with E-state index in [1.165, 1.54) is 18.7 Å². The van der Waals surface area contributed by atoms with Gasteiger partial charge >= 0.3 is 7.82 Å². The van der Waals surface area contributed by atoms with Crippen LogP contribution in [0.2, 0.25) is 0 Å². The maximum absolute atomic E-state index is 11.8. The number of carbonyl (C=O) groups excluding carboxylic acids is 1. The molecule has 2 rings (SSSR count). The third-order valence-electron chi connectivity index (χ3n) is 3.18. The zero-order valence-electron chi connectivity index (χ0n) is 13.3. The number of hydrogen-bond acceptors (Lipinski definition) is 7. The number of nitrogens with zero attached hydrogens (tertiary/aromatic N) is 1. The van der Waals surface area contributed by atoms with Crippen molar-refractivity contribution in [2.24, 2.45) is 0 Å². The molecule has 0 bridgehead atoms. The van der Waals surface area contributed by atoms with E-state index < -0.39 is 7.82 Å². The SMILES string of the molecule is CC(=O)S[C@@H]1CO[C@@H](COP(=O)(O)OCC[n+]2ccccc2)C1.[OH-]. The lowest BCUT2D eigenvalue weighted by molar-refractivity contribution is -0.697. The molecule has 136 valence electrons. The van der Waals surface area contributed by atoms with E-state index in [2.05, 4.69) is 0 Å². The predicted molar refractivity (Wildman–Crippen MR) is 86.7 cm³/mol. The molecule has 0 aromatic carbocycles. The van der Waals surface area contributed by atoms with Crippen LogP contribution >= 0.6 is 19.6 Å². The van der Waals surface area contributed by atoms with Crippen molar-refractivity contribution in [3.63, 3.8) is 0 Å². The quantitative estimate of drug-likeness (QED) is 0.532. The van der Waals surface area contributed by atoms with Crippen molar-refractivity contribution in [3.05, 3.63) is 30.6 Å². The van der Waals surface area contributed by atoms with Crippen molar-refractivity contribution >= 4 is 24.7 Å². The Balaban J connectivity index is 0.00000288. The van der Waals surface area contributed by atoms with E-state index in [9.17, 15) is 14.3 Å². The van der Waals surface area contributed by atoms with E-state index in [0.717, 1.165) is 0 Å². The number of hydrogen-bond donors (Lipinski definition) is 1. The van der Waals surface area contributed by atoms with Gasteiger partial charge in [0.15, 0.2) is 24.1 Å². The highest BCUT2D eigenvalue weighted by atomic mass is 32.2. The largest absolute Gasteiger partial charge is 0.870 e. The minimum absolute atomic E-state index is 0. The van der Waals surface area contributed by atoms with Gasteiger partial charge in [-0.1, -0.05) is 17.8 Å². The van der Waals surface area contributed by atoms with Gasteiger partial charge in [0.2, 0.25) is 0 Å². The molecule has 24 heavy (non-hydrogen) atoms. The van der Waals surface area contributed by atoms with Crippen LogP contribution in [0.25, 0.3) is 0 Å². The van der Waals surface area contributed by atoms with Crippen molar-refractivity contribution < 1.29 is 38.1 Å². The topological polar surface area (TPSA) is 116 Å². The third kappa shape index (κ3) is 7.85. The lowest BCUT2D eigenvalue weighted by atomic mass is 10.2. The Labute approximate surface area is 145 Å². The van der Waals surface area contributed by atoms with Gasteiger partial charge in [0.1, 0.15) is 6.61 Å². The zero-order chi connectivity index (χ0) is 16.7. The monoisotopic (exact) mass is 379 g/mol. The minimum atomic E-state index is -4.10. The van der Waals surface area contributed by atoms with Gasteiger partial charge in [0, 0.05) is 24.3 Å². The fraction of sp³-hybridized carbons (Fsp3) is 0.571. The number of phosphoric acid groups is 1. The first-order chi connectivity index (χ1) is 10.9. The average Bonchev–Trinajstić information content (AvgIpc) is 2.93. The van der Waals surface area contributed by atoms with E-state index in [0.29, 0.717) is 19.6 Å². The van der Waals surface area contributed by atoms with Gasteiger partial charge < -0.3 is 15.1 Å². The zero-order valence-corrected chi connectivity index (χ0v) is 15.0. The van der Waals surface area contributed by atoms with Gasteiger partial charge in [-0.25, -0.2) is 9.13 Å². The van der Waals surface area contributed by atoms with Crippen molar-refractivity contribution in [1.29, 1.82) is 0 Å².